The van der Waals surface area contributed by atoms with E-state index in [0.717, 1.165) is 12.0 Å². The molecule has 3 heterocycles. The molecule has 0 aliphatic carbocycles. The summed E-state index contributed by atoms with van der Waals surface area (Å²) in [5.41, 5.74) is 0. The Morgan fingerprint density at radius 1 is 1.50 bits per heavy atom. The maximum absolute atomic E-state index is 11.6. The number of rotatable bonds is 6. The lowest BCUT2D eigenvalue weighted by Gasteiger charge is -2.24. The van der Waals surface area contributed by atoms with Gasteiger partial charge in [-0.3, -0.25) is 14.6 Å². The molecular formula is C11H13O8S-. The Morgan fingerprint density at radius 3 is 3.15 bits per heavy atom. The Balaban J connectivity index is 1.48. The highest BCUT2D eigenvalue weighted by atomic mass is 32.2. The molecular weight excluding hydrogens is 292 g/mol. The number of carbonyl (C=O) groups excluding carboxylic acids is 2. The van der Waals surface area contributed by atoms with Gasteiger partial charge in [0, 0.05) is 30.1 Å². The molecule has 0 radical (unpaired) electrons. The van der Waals surface area contributed by atoms with Crippen molar-refractivity contribution in [3.05, 3.63) is 0 Å². The quantitative estimate of drug-likeness (QED) is 0.203. The first-order valence-electron chi connectivity index (χ1n) is 6.30. The number of ether oxygens (including phenoxy) is 3. The van der Waals surface area contributed by atoms with E-state index in [0.29, 0.717) is 13.0 Å². The van der Waals surface area contributed by atoms with Gasteiger partial charge in [0.15, 0.2) is 0 Å². The summed E-state index contributed by atoms with van der Waals surface area (Å²) >= 11 is 0.730. The van der Waals surface area contributed by atoms with Crippen LogP contribution in [-0.2, 0) is 33.2 Å². The zero-order valence-corrected chi connectivity index (χ0v) is 11.2. The lowest BCUT2D eigenvalue weighted by Crippen LogP contribution is -2.40. The van der Waals surface area contributed by atoms with Gasteiger partial charge in [-0.1, -0.05) is 0 Å². The lowest BCUT2D eigenvalue weighted by molar-refractivity contribution is -0.777. The fourth-order valence-electron chi connectivity index (χ4n) is 3.09. The molecule has 0 aromatic rings. The molecule has 9 heteroatoms. The van der Waals surface area contributed by atoms with Gasteiger partial charge in [0.2, 0.25) is 0 Å². The van der Waals surface area contributed by atoms with Crippen molar-refractivity contribution in [3.63, 3.8) is 0 Å². The predicted octanol–water partition coefficient (Wildman–Crippen LogP) is -0.880. The molecule has 0 N–H and O–H groups in total. The van der Waals surface area contributed by atoms with Crippen molar-refractivity contribution in [3.8, 4) is 0 Å². The van der Waals surface area contributed by atoms with Crippen LogP contribution in [0.2, 0.25) is 0 Å². The minimum absolute atomic E-state index is 0.0687. The molecule has 3 aliphatic rings. The smallest absolute Gasteiger partial charge is 0.312 e. The van der Waals surface area contributed by atoms with E-state index in [1.54, 1.807) is 0 Å². The summed E-state index contributed by atoms with van der Waals surface area (Å²) in [4.78, 5) is 23.2. The third-order valence-electron chi connectivity index (χ3n) is 3.89. The third-order valence-corrected chi connectivity index (χ3v) is 4.42. The number of hydrogen-bond donors (Lipinski definition) is 0. The summed E-state index contributed by atoms with van der Waals surface area (Å²) in [6, 6.07) is 0. The summed E-state index contributed by atoms with van der Waals surface area (Å²) < 4.78 is 20.1. The van der Waals surface area contributed by atoms with Gasteiger partial charge in [0.1, 0.15) is 12.2 Å². The highest BCUT2D eigenvalue weighted by molar-refractivity contribution is 7.94. The van der Waals surface area contributed by atoms with E-state index in [9.17, 15) is 14.8 Å². The average molecular weight is 305 g/mol. The summed E-state index contributed by atoms with van der Waals surface area (Å²) in [6.07, 6.45) is -0.179. The van der Waals surface area contributed by atoms with Gasteiger partial charge in [0.05, 0.1) is 25.0 Å². The Hall–Kier alpha value is -0.870. The number of hydrogen-bond acceptors (Lipinski definition) is 9. The number of esters is 2. The largest absolute Gasteiger partial charge is 0.691 e. The second-order valence-electron chi connectivity index (χ2n) is 4.93. The van der Waals surface area contributed by atoms with Crippen molar-refractivity contribution in [2.75, 3.05) is 12.4 Å². The number of fused-ring (bicyclic) bond motifs is 5. The molecule has 3 aliphatic heterocycles. The molecule has 8 nitrogen and oxygen atoms in total. The Bertz CT molecular complexity index is 402. The van der Waals surface area contributed by atoms with Crippen LogP contribution in [0.3, 0.4) is 0 Å². The van der Waals surface area contributed by atoms with Gasteiger partial charge >= 0.3 is 11.9 Å². The average Bonchev–Trinajstić information content (AvgIpc) is 3.08. The predicted molar refractivity (Wildman–Crippen MR) is 60.3 cm³/mol. The molecule has 0 spiro atoms. The van der Waals surface area contributed by atoms with E-state index in [4.69, 9.17) is 14.2 Å². The summed E-state index contributed by atoms with van der Waals surface area (Å²) in [5.74, 6) is -0.647. The van der Waals surface area contributed by atoms with Crippen LogP contribution >= 0.6 is 12.0 Å². The topological polar surface area (TPSA) is 103 Å². The first-order valence-corrected chi connectivity index (χ1v) is 7.21. The van der Waals surface area contributed by atoms with E-state index in [2.05, 4.69) is 9.37 Å². The van der Waals surface area contributed by atoms with Crippen LogP contribution in [0.25, 0.3) is 0 Å². The van der Waals surface area contributed by atoms with Crippen LogP contribution in [0.4, 0.5) is 0 Å². The molecule has 0 aromatic carbocycles. The maximum Gasteiger partial charge on any atom is 0.312 e. The number of cyclic esters (lactones) is 1. The van der Waals surface area contributed by atoms with Crippen molar-refractivity contribution < 1.29 is 38.4 Å². The molecule has 20 heavy (non-hydrogen) atoms. The standard InChI is InChI=1S/C11H14O8S/c12-8(1-2-20-19-18-14)16-7-3-6-5-4-15-11(13)9(5)10(7)17-6/h5-7,9-10,14H,1-4H2/p-1. The van der Waals surface area contributed by atoms with E-state index >= 15 is 0 Å². The van der Waals surface area contributed by atoms with Crippen molar-refractivity contribution in [1.29, 1.82) is 0 Å². The molecule has 0 aromatic heterocycles. The molecule has 5 atom stereocenters. The van der Waals surface area contributed by atoms with Gasteiger partial charge < -0.3 is 19.5 Å². The van der Waals surface area contributed by atoms with Crippen molar-refractivity contribution in [2.45, 2.75) is 31.2 Å². The fourth-order valence-corrected chi connectivity index (χ4v) is 3.45. The monoisotopic (exact) mass is 305 g/mol. The lowest BCUT2D eigenvalue weighted by atomic mass is 9.80. The van der Waals surface area contributed by atoms with Gasteiger partial charge in [-0.05, 0) is 0 Å². The van der Waals surface area contributed by atoms with E-state index < -0.39 is 18.2 Å². The zero-order valence-electron chi connectivity index (χ0n) is 10.4. The van der Waals surface area contributed by atoms with E-state index in [-0.39, 0.29) is 36.1 Å². The highest BCUT2D eigenvalue weighted by Crippen LogP contribution is 2.48. The molecule has 2 bridgehead atoms. The van der Waals surface area contributed by atoms with Gasteiger partial charge in [-0.15, -0.1) is 0 Å². The van der Waals surface area contributed by atoms with Gasteiger partial charge in [-0.2, -0.15) is 4.33 Å². The first kappa shape index (κ1) is 14.1. The van der Waals surface area contributed by atoms with E-state index in [1.807, 2.05) is 0 Å². The van der Waals surface area contributed by atoms with Crippen molar-refractivity contribution >= 4 is 24.0 Å². The second kappa shape index (κ2) is 5.86. The van der Waals surface area contributed by atoms with Crippen LogP contribution < -0.4 is 5.26 Å². The second-order valence-corrected chi connectivity index (χ2v) is 5.71. The summed E-state index contributed by atoms with van der Waals surface area (Å²) in [6.45, 7) is 0.397. The van der Waals surface area contributed by atoms with Crippen molar-refractivity contribution in [1.82, 2.24) is 0 Å². The minimum Gasteiger partial charge on any atom is -0.691 e. The van der Waals surface area contributed by atoms with Crippen molar-refractivity contribution in [2.24, 2.45) is 11.8 Å². The molecule has 3 saturated heterocycles. The van der Waals surface area contributed by atoms with Crippen LogP contribution in [-0.4, -0.2) is 42.6 Å². The fraction of sp³-hybridized carbons (Fsp3) is 0.818. The Morgan fingerprint density at radius 2 is 2.35 bits per heavy atom. The highest BCUT2D eigenvalue weighted by Gasteiger charge is 2.61. The minimum atomic E-state index is -0.420. The van der Waals surface area contributed by atoms with Crippen LogP contribution in [0.15, 0.2) is 0 Å². The zero-order chi connectivity index (χ0) is 14.1. The normalized spacial score (nSPS) is 37.9. The Labute approximate surface area is 118 Å². The van der Waals surface area contributed by atoms with Gasteiger partial charge in [-0.25, -0.2) is 0 Å². The Kier molecular flexibility index (Phi) is 4.13. The SMILES string of the molecule is O=C(CCSOO[O-])OC1CC2OC1C1C(=O)OCC21. The van der Waals surface area contributed by atoms with Crippen LogP contribution in [0.5, 0.6) is 0 Å². The number of carbonyl (C=O) groups is 2. The third kappa shape index (κ3) is 2.51. The maximum atomic E-state index is 11.6. The molecule has 3 rings (SSSR count). The molecule has 5 unspecified atom stereocenters. The van der Waals surface area contributed by atoms with E-state index in [1.165, 1.54) is 0 Å². The van der Waals surface area contributed by atoms with Crippen LogP contribution in [0, 0.1) is 11.8 Å². The molecule has 0 saturated carbocycles. The summed E-state index contributed by atoms with van der Waals surface area (Å²) in [7, 11) is 0. The first-order chi connectivity index (χ1) is 9.70. The molecule has 112 valence electrons. The van der Waals surface area contributed by atoms with Gasteiger partial charge in [0.25, 0.3) is 0 Å². The summed E-state index contributed by atoms with van der Waals surface area (Å²) in [5, 5.41) is 12.7. The molecule has 3 fully saturated rings. The molecule has 0 amide bonds. The van der Waals surface area contributed by atoms with Crippen LogP contribution in [0.1, 0.15) is 12.8 Å².